The van der Waals surface area contributed by atoms with Gasteiger partial charge in [-0.05, 0) is 53.9 Å². The molecule has 0 aliphatic carbocycles. The van der Waals surface area contributed by atoms with Crippen molar-refractivity contribution >= 4 is 33.5 Å². The van der Waals surface area contributed by atoms with Gasteiger partial charge in [0.15, 0.2) is 0 Å². The van der Waals surface area contributed by atoms with Crippen molar-refractivity contribution in [1.29, 1.82) is 0 Å². The number of benzene rings is 3. The minimum absolute atomic E-state index is 0.0163. The Hall–Kier alpha value is -3.20. The highest BCUT2D eigenvalue weighted by Gasteiger charge is 2.35. The lowest BCUT2D eigenvalue weighted by Gasteiger charge is -2.29. The van der Waals surface area contributed by atoms with Gasteiger partial charge >= 0.3 is 5.97 Å². The van der Waals surface area contributed by atoms with E-state index in [0.29, 0.717) is 16.1 Å². The number of esters is 1. The molecule has 33 heavy (non-hydrogen) atoms. The van der Waals surface area contributed by atoms with Crippen LogP contribution in [0.25, 0.3) is 0 Å². The van der Waals surface area contributed by atoms with Crippen LogP contribution in [0.15, 0.2) is 83.8 Å². The van der Waals surface area contributed by atoms with E-state index in [2.05, 4.69) is 0 Å². The molecule has 2 N–H and O–H groups in total. The minimum atomic E-state index is -4.13. The quantitative estimate of drug-likeness (QED) is 0.466. The van der Waals surface area contributed by atoms with Gasteiger partial charge in [-0.25, -0.2) is 13.2 Å². The molecule has 7 nitrogen and oxygen atoms in total. The Kier molecular flexibility index (Phi) is 7.86. The van der Waals surface area contributed by atoms with Crippen molar-refractivity contribution < 1.29 is 22.7 Å². The molecule has 0 unspecified atom stereocenters. The summed E-state index contributed by atoms with van der Waals surface area (Å²) in [6, 6.07) is 19.9. The fourth-order valence-corrected chi connectivity index (χ4v) is 5.04. The number of halogens is 1. The highest BCUT2D eigenvalue weighted by atomic mass is 35.5. The van der Waals surface area contributed by atoms with Gasteiger partial charge in [0.2, 0.25) is 15.9 Å². The topological polar surface area (TPSA) is 107 Å². The van der Waals surface area contributed by atoms with Gasteiger partial charge in [0.1, 0.15) is 6.04 Å². The maximum absolute atomic E-state index is 13.6. The van der Waals surface area contributed by atoms with Crippen LogP contribution in [0.4, 0.5) is 0 Å². The summed E-state index contributed by atoms with van der Waals surface area (Å²) in [7, 11) is -2.85. The Morgan fingerprint density at radius 3 is 2.09 bits per heavy atom. The zero-order valence-electron chi connectivity index (χ0n) is 17.8. The molecule has 0 saturated carbocycles. The number of nitrogens with two attached hydrogens (primary N) is 1. The first-order valence-electron chi connectivity index (χ1n) is 10.0. The van der Waals surface area contributed by atoms with E-state index in [4.69, 9.17) is 22.1 Å². The maximum atomic E-state index is 13.6. The first-order chi connectivity index (χ1) is 15.7. The number of rotatable bonds is 9. The van der Waals surface area contributed by atoms with Crippen LogP contribution in [0.3, 0.4) is 0 Å². The smallest absolute Gasteiger partial charge is 0.337 e. The summed E-state index contributed by atoms with van der Waals surface area (Å²) in [6.07, 6.45) is 0.100. The number of carbonyl (C=O) groups is 2. The van der Waals surface area contributed by atoms with Crippen LogP contribution in [-0.2, 0) is 32.5 Å². The van der Waals surface area contributed by atoms with E-state index in [1.165, 1.54) is 43.5 Å². The van der Waals surface area contributed by atoms with Crippen LogP contribution >= 0.6 is 11.6 Å². The number of primary amides is 1. The van der Waals surface area contributed by atoms with Crippen LogP contribution < -0.4 is 5.73 Å². The lowest BCUT2D eigenvalue weighted by molar-refractivity contribution is -0.121. The van der Waals surface area contributed by atoms with Crippen molar-refractivity contribution in [2.24, 2.45) is 5.73 Å². The molecule has 0 bridgehead atoms. The first-order valence-corrected chi connectivity index (χ1v) is 11.8. The second-order valence-electron chi connectivity index (χ2n) is 7.30. The average Bonchev–Trinajstić information content (AvgIpc) is 2.82. The molecule has 172 valence electrons. The third-order valence-corrected chi connectivity index (χ3v) is 7.20. The number of methoxy groups -OCH3 is 1. The van der Waals surface area contributed by atoms with Crippen LogP contribution in [-0.4, -0.2) is 37.8 Å². The number of ether oxygens (including phenoxy) is 1. The van der Waals surface area contributed by atoms with Crippen LogP contribution in [0.1, 0.15) is 21.5 Å². The summed E-state index contributed by atoms with van der Waals surface area (Å²) in [5.74, 6) is -1.28. The largest absolute Gasteiger partial charge is 0.465 e. The summed E-state index contributed by atoms with van der Waals surface area (Å²) in [6.45, 7) is -0.132. The molecule has 9 heteroatoms. The van der Waals surface area contributed by atoms with E-state index in [1.807, 2.05) is 6.07 Å². The number of nitrogens with zero attached hydrogens (tertiary/aromatic N) is 1. The standard InChI is InChI=1S/C24H23ClN2O5S/c1-32-24(29)19-9-7-18(8-10-19)16-27(33(30,31)21-13-11-20(25)12-14-21)22(23(26)28)15-17-5-3-2-4-6-17/h2-14,22H,15-16H2,1H3,(H2,26,28)/t22-/m1/s1. The number of sulfonamides is 1. The number of hydrogen-bond donors (Lipinski definition) is 1. The molecule has 3 rings (SSSR count). The van der Waals surface area contributed by atoms with Crippen molar-refractivity contribution in [1.82, 2.24) is 4.31 Å². The first kappa shape index (κ1) is 24.4. The average molecular weight is 487 g/mol. The summed E-state index contributed by atoms with van der Waals surface area (Å²) in [4.78, 5) is 24.2. The molecule has 1 amide bonds. The van der Waals surface area contributed by atoms with Gasteiger partial charge in [-0.1, -0.05) is 54.1 Å². The van der Waals surface area contributed by atoms with Gasteiger partial charge in [0.05, 0.1) is 17.6 Å². The summed E-state index contributed by atoms with van der Waals surface area (Å²) < 4.78 is 33.0. The fraction of sp³-hybridized carbons (Fsp3) is 0.167. The number of hydrogen-bond acceptors (Lipinski definition) is 5. The molecule has 0 saturated heterocycles. The molecule has 0 heterocycles. The van der Waals surface area contributed by atoms with Gasteiger partial charge in [0, 0.05) is 11.6 Å². The summed E-state index contributed by atoms with van der Waals surface area (Å²) in [5, 5.41) is 0.384. The molecular formula is C24H23ClN2O5S. The van der Waals surface area contributed by atoms with E-state index in [0.717, 1.165) is 9.87 Å². The van der Waals surface area contributed by atoms with Crippen molar-refractivity contribution in [3.63, 3.8) is 0 Å². The Morgan fingerprint density at radius 2 is 1.55 bits per heavy atom. The molecule has 3 aromatic carbocycles. The van der Waals surface area contributed by atoms with Gasteiger partial charge in [-0.15, -0.1) is 0 Å². The summed E-state index contributed by atoms with van der Waals surface area (Å²) >= 11 is 5.92. The van der Waals surface area contributed by atoms with Crippen molar-refractivity contribution in [2.75, 3.05) is 7.11 Å². The van der Waals surface area contributed by atoms with Crippen LogP contribution in [0.5, 0.6) is 0 Å². The van der Waals surface area contributed by atoms with Gasteiger partial charge in [-0.3, -0.25) is 4.79 Å². The fourth-order valence-electron chi connectivity index (χ4n) is 3.33. The second-order valence-corrected chi connectivity index (χ2v) is 9.63. The van der Waals surface area contributed by atoms with Crippen molar-refractivity contribution in [3.8, 4) is 0 Å². The van der Waals surface area contributed by atoms with E-state index in [1.54, 1.807) is 36.4 Å². The van der Waals surface area contributed by atoms with Gasteiger partial charge < -0.3 is 10.5 Å². The zero-order valence-corrected chi connectivity index (χ0v) is 19.4. The molecule has 1 atom stereocenters. The lowest BCUT2D eigenvalue weighted by Crippen LogP contribution is -2.48. The minimum Gasteiger partial charge on any atom is -0.465 e. The molecule has 0 aliphatic heterocycles. The molecule has 0 spiro atoms. The Labute approximate surface area is 197 Å². The Balaban J connectivity index is 2.03. The van der Waals surface area contributed by atoms with E-state index < -0.39 is 27.9 Å². The number of amides is 1. The Morgan fingerprint density at radius 1 is 0.939 bits per heavy atom. The van der Waals surface area contributed by atoms with Crippen LogP contribution in [0.2, 0.25) is 5.02 Å². The third kappa shape index (κ3) is 5.98. The van der Waals surface area contributed by atoms with E-state index >= 15 is 0 Å². The zero-order chi connectivity index (χ0) is 24.0. The van der Waals surface area contributed by atoms with Crippen molar-refractivity contribution in [3.05, 3.63) is 101 Å². The molecule has 0 aromatic heterocycles. The van der Waals surface area contributed by atoms with E-state index in [-0.39, 0.29) is 17.9 Å². The van der Waals surface area contributed by atoms with Crippen LogP contribution in [0, 0.1) is 0 Å². The Bertz CT molecular complexity index is 1210. The summed E-state index contributed by atoms with van der Waals surface area (Å²) in [5.41, 5.74) is 7.35. The van der Waals surface area contributed by atoms with Gasteiger partial charge in [0.25, 0.3) is 0 Å². The van der Waals surface area contributed by atoms with Crippen molar-refractivity contribution in [2.45, 2.75) is 23.9 Å². The SMILES string of the molecule is COC(=O)c1ccc(CN([C@H](Cc2ccccc2)C(N)=O)S(=O)(=O)c2ccc(Cl)cc2)cc1. The number of carbonyl (C=O) groups excluding carboxylic acids is 2. The van der Waals surface area contributed by atoms with E-state index in [9.17, 15) is 18.0 Å². The maximum Gasteiger partial charge on any atom is 0.337 e. The predicted molar refractivity (Wildman–Crippen MR) is 125 cm³/mol. The molecule has 0 aliphatic rings. The monoisotopic (exact) mass is 486 g/mol. The molecule has 0 radical (unpaired) electrons. The molecule has 0 fully saturated rings. The molecular weight excluding hydrogens is 464 g/mol. The second kappa shape index (κ2) is 10.6. The highest BCUT2D eigenvalue weighted by Crippen LogP contribution is 2.25. The normalized spacial score (nSPS) is 12.3. The van der Waals surface area contributed by atoms with Gasteiger partial charge in [-0.2, -0.15) is 4.31 Å². The third-order valence-electron chi connectivity index (χ3n) is 5.08. The molecule has 3 aromatic rings. The predicted octanol–water partition coefficient (Wildman–Crippen LogP) is 3.41. The highest BCUT2D eigenvalue weighted by molar-refractivity contribution is 7.89. The lowest BCUT2D eigenvalue weighted by atomic mass is 10.0.